The molecule has 25 heavy (non-hydrogen) atoms. The van der Waals surface area contributed by atoms with E-state index >= 15 is 0 Å². The number of aryl methyl sites for hydroxylation is 1. The third-order valence-corrected chi connectivity index (χ3v) is 4.32. The van der Waals surface area contributed by atoms with E-state index in [0.717, 1.165) is 28.2 Å². The van der Waals surface area contributed by atoms with Crippen LogP contribution in [0.3, 0.4) is 0 Å². The summed E-state index contributed by atoms with van der Waals surface area (Å²) in [6.07, 6.45) is 0. The lowest BCUT2D eigenvalue weighted by Crippen LogP contribution is -2.04. The molecule has 2 aromatic carbocycles. The Morgan fingerprint density at radius 2 is 1.72 bits per heavy atom. The number of nitrogens with zero attached hydrogens (tertiary/aromatic N) is 3. The molecule has 0 amide bonds. The van der Waals surface area contributed by atoms with Crippen LogP contribution in [0.25, 0.3) is 11.3 Å². The summed E-state index contributed by atoms with van der Waals surface area (Å²) in [7, 11) is 0. The zero-order valence-electron chi connectivity index (χ0n) is 13.8. The molecule has 3 rings (SSSR count). The third-order valence-electron chi connectivity index (χ3n) is 3.58. The normalized spacial score (nSPS) is 11.4. The fourth-order valence-corrected chi connectivity index (χ4v) is 2.59. The predicted octanol–water partition coefficient (Wildman–Crippen LogP) is 5.59. The van der Waals surface area contributed by atoms with Gasteiger partial charge in [-0.05, 0) is 37.6 Å². The van der Waals surface area contributed by atoms with E-state index in [1.165, 1.54) is 0 Å². The van der Waals surface area contributed by atoms with Gasteiger partial charge in [-0.1, -0.05) is 59.6 Å². The van der Waals surface area contributed by atoms with Crippen molar-refractivity contribution in [1.82, 2.24) is 9.97 Å². The largest absolute Gasteiger partial charge is 0.245 e. The smallest absolute Gasteiger partial charge is 0.244 e. The Bertz CT molecular complexity index is 924. The number of hydrogen-bond donors (Lipinski definition) is 1. The molecule has 126 valence electrons. The van der Waals surface area contributed by atoms with Crippen LogP contribution in [-0.2, 0) is 0 Å². The minimum absolute atomic E-state index is 0.443. The van der Waals surface area contributed by atoms with E-state index in [9.17, 15) is 0 Å². The number of halogens is 2. The topological polar surface area (TPSA) is 50.2 Å². The number of anilines is 1. The van der Waals surface area contributed by atoms with Crippen LogP contribution in [0.1, 0.15) is 18.2 Å². The average Bonchev–Trinajstić information content (AvgIpc) is 2.62. The van der Waals surface area contributed by atoms with Crippen LogP contribution in [0.2, 0.25) is 10.0 Å². The molecule has 1 N–H and O–H groups in total. The SMILES string of the molecule is C/C(=N/Nc1nc(C)cc(-c2ccccc2)n1)c1ccc(Cl)c(Cl)c1. The maximum Gasteiger partial charge on any atom is 0.244 e. The fraction of sp³-hybridized carbons (Fsp3) is 0.105. The summed E-state index contributed by atoms with van der Waals surface area (Å²) in [5, 5.41) is 5.36. The van der Waals surface area contributed by atoms with Crippen molar-refractivity contribution in [3.8, 4) is 11.3 Å². The first kappa shape index (κ1) is 17.4. The van der Waals surface area contributed by atoms with Crippen LogP contribution in [0.4, 0.5) is 5.95 Å². The highest BCUT2D eigenvalue weighted by atomic mass is 35.5. The van der Waals surface area contributed by atoms with E-state index in [0.29, 0.717) is 16.0 Å². The Hall–Kier alpha value is -2.43. The first-order valence-electron chi connectivity index (χ1n) is 7.70. The van der Waals surface area contributed by atoms with Gasteiger partial charge in [0.05, 0.1) is 21.5 Å². The van der Waals surface area contributed by atoms with Crippen LogP contribution in [0.15, 0.2) is 59.7 Å². The second kappa shape index (κ2) is 7.64. The van der Waals surface area contributed by atoms with Gasteiger partial charge in [0.25, 0.3) is 0 Å². The lowest BCUT2D eigenvalue weighted by Gasteiger charge is -2.07. The minimum atomic E-state index is 0.443. The van der Waals surface area contributed by atoms with Gasteiger partial charge in [0.1, 0.15) is 0 Å². The highest BCUT2D eigenvalue weighted by Gasteiger charge is 2.05. The van der Waals surface area contributed by atoms with Gasteiger partial charge in [0, 0.05) is 11.3 Å². The van der Waals surface area contributed by atoms with E-state index in [1.807, 2.05) is 56.3 Å². The molecule has 0 saturated carbocycles. The monoisotopic (exact) mass is 370 g/mol. The second-order valence-corrected chi connectivity index (χ2v) is 6.34. The summed E-state index contributed by atoms with van der Waals surface area (Å²) in [4.78, 5) is 8.90. The van der Waals surface area contributed by atoms with Crippen molar-refractivity contribution in [2.45, 2.75) is 13.8 Å². The van der Waals surface area contributed by atoms with Crippen LogP contribution >= 0.6 is 23.2 Å². The third kappa shape index (κ3) is 4.35. The molecule has 0 aliphatic heterocycles. The van der Waals surface area contributed by atoms with E-state index in [1.54, 1.807) is 12.1 Å². The molecule has 0 unspecified atom stereocenters. The number of hydrazone groups is 1. The Balaban J connectivity index is 1.85. The Morgan fingerprint density at radius 3 is 2.44 bits per heavy atom. The molecular formula is C19H16Cl2N4. The molecule has 3 aromatic rings. The van der Waals surface area contributed by atoms with Crippen molar-refractivity contribution in [3.05, 3.63) is 75.9 Å². The van der Waals surface area contributed by atoms with Crippen molar-refractivity contribution in [3.63, 3.8) is 0 Å². The Labute approximate surface area is 156 Å². The minimum Gasteiger partial charge on any atom is -0.245 e. The lowest BCUT2D eigenvalue weighted by molar-refractivity contribution is 1.07. The molecule has 0 aliphatic carbocycles. The number of hydrogen-bond acceptors (Lipinski definition) is 4. The molecule has 0 fully saturated rings. The van der Waals surface area contributed by atoms with Gasteiger partial charge < -0.3 is 0 Å². The molecule has 0 bridgehead atoms. The van der Waals surface area contributed by atoms with Gasteiger partial charge in [-0.2, -0.15) is 5.10 Å². The van der Waals surface area contributed by atoms with E-state index in [2.05, 4.69) is 20.5 Å². The molecule has 0 saturated heterocycles. The van der Waals surface area contributed by atoms with Crippen LogP contribution < -0.4 is 5.43 Å². The molecule has 0 aliphatic rings. The van der Waals surface area contributed by atoms with Crippen molar-refractivity contribution in [1.29, 1.82) is 0 Å². The fourth-order valence-electron chi connectivity index (χ4n) is 2.29. The summed E-state index contributed by atoms with van der Waals surface area (Å²) in [5.41, 5.74) is 7.28. The predicted molar refractivity (Wildman–Crippen MR) is 105 cm³/mol. The zero-order valence-corrected chi connectivity index (χ0v) is 15.3. The van der Waals surface area contributed by atoms with Gasteiger partial charge in [-0.15, -0.1) is 0 Å². The lowest BCUT2D eigenvalue weighted by atomic mass is 10.1. The maximum atomic E-state index is 6.05. The molecule has 0 atom stereocenters. The summed E-state index contributed by atoms with van der Waals surface area (Å²) in [6, 6.07) is 17.3. The number of nitrogens with one attached hydrogen (secondary N) is 1. The summed E-state index contributed by atoms with van der Waals surface area (Å²) in [6.45, 7) is 3.80. The molecule has 0 radical (unpaired) electrons. The van der Waals surface area contributed by atoms with Gasteiger partial charge in [0.15, 0.2) is 0 Å². The van der Waals surface area contributed by atoms with E-state index in [4.69, 9.17) is 23.2 Å². The Kier molecular flexibility index (Phi) is 5.31. The maximum absolute atomic E-state index is 6.05. The highest BCUT2D eigenvalue weighted by Crippen LogP contribution is 2.23. The standard InChI is InChI=1S/C19H16Cl2N4/c1-12-10-18(14-6-4-3-5-7-14)23-19(22-12)25-24-13(2)15-8-9-16(20)17(21)11-15/h3-11H,1-2H3,(H,22,23,25)/b24-13-. The number of benzene rings is 2. The molecule has 1 heterocycles. The molecule has 1 aromatic heterocycles. The van der Waals surface area contributed by atoms with E-state index < -0.39 is 0 Å². The average molecular weight is 371 g/mol. The first-order chi connectivity index (χ1) is 12.0. The van der Waals surface area contributed by atoms with Crippen LogP contribution in [0, 0.1) is 6.92 Å². The highest BCUT2D eigenvalue weighted by molar-refractivity contribution is 6.42. The molecular weight excluding hydrogens is 355 g/mol. The molecule has 6 heteroatoms. The van der Waals surface area contributed by atoms with Gasteiger partial charge >= 0.3 is 0 Å². The number of aromatic nitrogens is 2. The van der Waals surface area contributed by atoms with Gasteiger partial charge in [-0.3, -0.25) is 0 Å². The zero-order chi connectivity index (χ0) is 17.8. The summed E-state index contributed by atoms with van der Waals surface area (Å²) >= 11 is 12.0. The quantitative estimate of drug-likeness (QED) is 0.480. The van der Waals surface area contributed by atoms with E-state index in [-0.39, 0.29) is 0 Å². The van der Waals surface area contributed by atoms with Gasteiger partial charge in [-0.25, -0.2) is 15.4 Å². The van der Waals surface area contributed by atoms with Crippen molar-refractivity contribution < 1.29 is 0 Å². The summed E-state index contributed by atoms with van der Waals surface area (Å²) < 4.78 is 0. The second-order valence-electron chi connectivity index (χ2n) is 5.52. The molecule has 4 nitrogen and oxygen atoms in total. The van der Waals surface area contributed by atoms with Crippen LogP contribution in [0.5, 0.6) is 0 Å². The number of rotatable bonds is 4. The van der Waals surface area contributed by atoms with Crippen molar-refractivity contribution in [2.75, 3.05) is 5.43 Å². The molecule has 0 spiro atoms. The Morgan fingerprint density at radius 1 is 0.960 bits per heavy atom. The van der Waals surface area contributed by atoms with Crippen molar-refractivity contribution in [2.24, 2.45) is 5.10 Å². The summed E-state index contributed by atoms with van der Waals surface area (Å²) in [5.74, 6) is 0.443. The van der Waals surface area contributed by atoms with Crippen molar-refractivity contribution >= 4 is 34.9 Å². The van der Waals surface area contributed by atoms with Gasteiger partial charge in [0.2, 0.25) is 5.95 Å². The first-order valence-corrected chi connectivity index (χ1v) is 8.45. The van der Waals surface area contributed by atoms with Crippen LogP contribution in [-0.4, -0.2) is 15.7 Å².